The zero-order valence-electron chi connectivity index (χ0n) is 10.8. The van der Waals surface area contributed by atoms with E-state index in [1.54, 1.807) is 11.8 Å². The number of rotatable bonds is 4. The van der Waals surface area contributed by atoms with E-state index in [9.17, 15) is 9.59 Å². The molecule has 0 aliphatic heterocycles. The number of para-hydroxylation sites is 2. The summed E-state index contributed by atoms with van der Waals surface area (Å²) in [6.07, 6.45) is 2.50. The van der Waals surface area contributed by atoms with Crippen LogP contribution in [0.5, 0.6) is 0 Å². The summed E-state index contributed by atoms with van der Waals surface area (Å²) in [7, 11) is 0. The lowest BCUT2D eigenvalue weighted by Crippen LogP contribution is -2.31. The summed E-state index contributed by atoms with van der Waals surface area (Å²) < 4.78 is 0. The summed E-state index contributed by atoms with van der Waals surface area (Å²) in [6, 6.07) is 7.75. The Morgan fingerprint density at radius 1 is 1.33 bits per heavy atom. The van der Waals surface area contributed by atoms with Crippen LogP contribution < -0.4 is 10.2 Å². The number of hydrogen-bond acceptors (Lipinski definition) is 2. The van der Waals surface area contributed by atoms with E-state index in [1.807, 2.05) is 31.2 Å². The highest BCUT2D eigenvalue weighted by molar-refractivity contribution is 6.00. The van der Waals surface area contributed by atoms with Gasteiger partial charge in [0, 0.05) is 19.4 Å². The lowest BCUT2D eigenvalue weighted by molar-refractivity contribution is -0.117. The fourth-order valence-corrected chi connectivity index (χ4v) is 1.98. The van der Waals surface area contributed by atoms with E-state index in [4.69, 9.17) is 0 Å². The van der Waals surface area contributed by atoms with E-state index < -0.39 is 0 Å². The molecule has 0 aromatic heterocycles. The normalized spacial score (nSPS) is 14.1. The Balaban J connectivity index is 2.30. The Bertz CT molecular complexity index is 467. The Morgan fingerprint density at radius 3 is 2.56 bits per heavy atom. The first-order valence-corrected chi connectivity index (χ1v) is 6.32. The maximum atomic E-state index is 11.7. The number of amides is 2. The van der Waals surface area contributed by atoms with Crippen molar-refractivity contribution in [3.8, 4) is 0 Å². The summed E-state index contributed by atoms with van der Waals surface area (Å²) in [4.78, 5) is 25.0. The van der Waals surface area contributed by atoms with Crippen LogP contribution in [0, 0.1) is 0 Å². The van der Waals surface area contributed by atoms with E-state index in [-0.39, 0.29) is 11.8 Å². The van der Waals surface area contributed by atoms with Gasteiger partial charge in [0.25, 0.3) is 0 Å². The highest BCUT2D eigenvalue weighted by Crippen LogP contribution is 2.35. The van der Waals surface area contributed by atoms with E-state index in [2.05, 4.69) is 5.32 Å². The number of nitrogens with zero attached hydrogens (tertiary/aromatic N) is 1. The molecule has 1 saturated carbocycles. The molecule has 0 spiro atoms. The van der Waals surface area contributed by atoms with Gasteiger partial charge in [0.2, 0.25) is 11.8 Å². The van der Waals surface area contributed by atoms with Crippen molar-refractivity contribution in [2.45, 2.75) is 39.2 Å². The van der Waals surface area contributed by atoms with Gasteiger partial charge >= 0.3 is 0 Å². The van der Waals surface area contributed by atoms with E-state index in [1.165, 1.54) is 0 Å². The summed E-state index contributed by atoms with van der Waals surface area (Å²) in [6.45, 7) is 3.37. The number of carbonyl (C=O) groups is 2. The van der Waals surface area contributed by atoms with Gasteiger partial charge in [-0.25, -0.2) is 0 Å². The highest BCUT2D eigenvalue weighted by Gasteiger charge is 2.33. The third kappa shape index (κ3) is 2.70. The van der Waals surface area contributed by atoms with Crippen LogP contribution in [0.15, 0.2) is 24.3 Å². The second kappa shape index (κ2) is 5.21. The Kier molecular flexibility index (Phi) is 3.65. The molecule has 1 aliphatic carbocycles. The summed E-state index contributed by atoms with van der Waals surface area (Å²) in [5.41, 5.74) is 1.51. The molecule has 0 radical (unpaired) electrons. The van der Waals surface area contributed by atoms with Crippen molar-refractivity contribution in [3.05, 3.63) is 24.3 Å². The molecule has 1 N–H and O–H groups in total. The van der Waals surface area contributed by atoms with Gasteiger partial charge in [-0.15, -0.1) is 0 Å². The van der Waals surface area contributed by atoms with Crippen LogP contribution >= 0.6 is 0 Å². The van der Waals surface area contributed by atoms with E-state index >= 15 is 0 Å². The molecule has 1 aromatic carbocycles. The quantitative estimate of drug-likeness (QED) is 0.887. The minimum absolute atomic E-state index is 0.0238. The molecule has 2 amide bonds. The van der Waals surface area contributed by atoms with Crippen molar-refractivity contribution < 1.29 is 9.59 Å². The molecule has 2 rings (SSSR count). The molecular formula is C14H18N2O2. The Morgan fingerprint density at radius 2 is 2.00 bits per heavy atom. The van der Waals surface area contributed by atoms with E-state index in [0.717, 1.165) is 18.5 Å². The molecule has 4 heteroatoms. The SMILES string of the molecule is CCC(=O)Nc1ccccc1N(C(C)=O)C1CC1. The molecule has 0 heterocycles. The third-order valence-corrected chi connectivity index (χ3v) is 3.01. The standard InChI is InChI=1S/C14H18N2O2/c1-3-14(18)15-12-6-4-5-7-13(12)16(10(2)17)11-8-9-11/h4-7,11H,3,8-9H2,1-2H3,(H,15,18). The molecule has 1 fully saturated rings. The number of anilines is 2. The van der Waals surface area contributed by atoms with Crippen molar-refractivity contribution in [1.29, 1.82) is 0 Å². The van der Waals surface area contributed by atoms with Gasteiger partial charge in [-0.05, 0) is 25.0 Å². The highest BCUT2D eigenvalue weighted by atomic mass is 16.2. The zero-order valence-corrected chi connectivity index (χ0v) is 10.8. The van der Waals surface area contributed by atoms with Crippen molar-refractivity contribution in [3.63, 3.8) is 0 Å². The molecule has 0 unspecified atom stereocenters. The smallest absolute Gasteiger partial charge is 0.224 e. The van der Waals surface area contributed by atoms with Gasteiger partial charge in [-0.3, -0.25) is 9.59 Å². The average molecular weight is 246 g/mol. The molecule has 1 aliphatic rings. The van der Waals surface area contributed by atoms with Gasteiger partial charge in [-0.2, -0.15) is 0 Å². The monoisotopic (exact) mass is 246 g/mol. The minimum atomic E-state index is -0.0400. The fourth-order valence-electron chi connectivity index (χ4n) is 1.98. The van der Waals surface area contributed by atoms with Gasteiger partial charge in [-0.1, -0.05) is 19.1 Å². The minimum Gasteiger partial charge on any atom is -0.324 e. The second-order valence-corrected chi connectivity index (χ2v) is 4.54. The first-order valence-electron chi connectivity index (χ1n) is 6.32. The molecule has 4 nitrogen and oxygen atoms in total. The van der Waals surface area contributed by atoms with Crippen LogP contribution in [-0.2, 0) is 9.59 Å². The molecule has 0 atom stereocenters. The number of nitrogens with one attached hydrogen (secondary N) is 1. The van der Waals surface area contributed by atoms with Crippen LogP contribution in [0.2, 0.25) is 0 Å². The third-order valence-electron chi connectivity index (χ3n) is 3.01. The lowest BCUT2D eigenvalue weighted by atomic mass is 10.2. The maximum absolute atomic E-state index is 11.7. The number of hydrogen-bond donors (Lipinski definition) is 1. The summed E-state index contributed by atoms with van der Waals surface area (Å²) in [5.74, 6) is -0.0163. The second-order valence-electron chi connectivity index (χ2n) is 4.54. The molecule has 18 heavy (non-hydrogen) atoms. The van der Waals surface area contributed by atoms with Crippen LogP contribution in [0.4, 0.5) is 11.4 Å². The Hall–Kier alpha value is -1.84. The first kappa shape index (κ1) is 12.6. The van der Waals surface area contributed by atoms with Gasteiger partial charge in [0.15, 0.2) is 0 Å². The number of benzene rings is 1. The fraction of sp³-hybridized carbons (Fsp3) is 0.429. The van der Waals surface area contributed by atoms with E-state index in [0.29, 0.717) is 18.2 Å². The molecule has 1 aromatic rings. The average Bonchev–Trinajstić information content (AvgIpc) is 3.15. The topological polar surface area (TPSA) is 49.4 Å². The molecule has 0 bridgehead atoms. The van der Waals surface area contributed by atoms with Crippen molar-refractivity contribution in [1.82, 2.24) is 0 Å². The number of carbonyl (C=O) groups excluding carboxylic acids is 2. The van der Waals surface area contributed by atoms with Crippen LogP contribution in [-0.4, -0.2) is 17.9 Å². The Labute approximate surface area is 107 Å². The molecular weight excluding hydrogens is 228 g/mol. The first-order chi connectivity index (χ1) is 8.63. The lowest BCUT2D eigenvalue weighted by Gasteiger charge is -2.23. The van der Waals surface area contributed by atoms with Gasteiger partial charge in [0.05, 0.1) is 11.4 Å². The van der Waals surface area contributed by atoms with Crippen LogP contribution in [0.25, 0.3) is 0 Å². The predicted octanol–water partition coefficient (Wildman–Crippen LogP) is 2.55. The summed E-state index contributed by atoms with van der Waals surface area (Å²) >= 11 is 0. The van der Waals surface area contributed by atoms with Gasteiger partial charge < -0.3 is 10.2 Å². The summed E-state index contributed by atoms with van der Waals surface area (Å²) in [5, 5.41) is 2.85. The van der Waals surface area contributed by atoms with Crippen molar-refractivity contribution in [2.75, 3.05) is 10.2 Å². The van der Waals surface area contributed by atoms with Crippen molar-refractivity contribution >= 4 is 23.2 Å². The largest absolute Gasteiger partial charge is 0.324 e. The van der Waals surface area contributed by atoms with Crippen LogP contribution in [0.1, 0.15) is 33.1 Å². The maximum Gasteiger partial charge on any atom is 0.224 e. The van der Waals surface area contributed by atoms with Crippen LogP contribution in [0.3, 0.4) is 0 Å². The van der Waals surface area contributed by atoms with Crippen molar-refractivity contribution in [2.24, 2.45) is 0 Å². The van der Waals surface area contributed by atoms with Gasteiger partial charge in [0.1, 0.15) is 0 Å². The predicted molar refractivity (Wildman–Crippen MR) is 71.5 cm³/mol. The molecule has 0 saturated heterocycles. The zero-order chi connectivity index (χ0) is 13.1. The molecule has 96 valence electrons.